The van der Waals surface area contributed by atoms with Gasteiger partial charge in [0.2, 0.25) is 5.56 Å². The van der Waals surface area contributed by atoms with E-state index in [0.29, 0.717) is 22.9 Å². The van der Waals surface area contributed by atoms with Crippen molar-refractivity contribution in [1.82, 2.24) is 9.88 Å². The molecule has 1 aliphatic carbocycles. The van der Waals surface area contributed by atoms with E-state index in [0.717, 1.165) is 0 Å². The number of amides is 2. The smallest absolute Gasteiger partial charge is 0.256 e. The molecule has 220 valence electrons. The number of aromatic nitrogens is 1. The molecule has 1 atom stereocenters. The highest BCUT2D eigenvalue weighted by Gasteiger charge is 2.30. The summed E-state index contributed by atoms with van der Waals surface area (Å²) in [5.41, 5.74) is 2.62. The molecule has 1 aliphatic rings. The van der Waals surface area contributed by atoms with Crippen LogP contribution in [0.2, 0.25) is 0 Å². The lowest BCUT2D eigenvalue weighted by Crippen LogP contribution is -2.38. The van der Waals surface area contributed by atoms with Gasteiger partial charge in [0.05, 0.1) is 12.7 Å². The molecule has 1 unspecified atom stereocenters. The van der Waals surface area contributed by atoms with E-state index in [9.17, 15) is 14.4 Å². The van der Waals surface area contributed by atoms with Crippen molar-refractivity contribution in [3.8, 4) is 5.75 Å². The van der Waals surface area contributed by atoms with Gasteiger partial charge in [0, 0.05) is 27.9 Å². The number of rotatable bonds is 7. The van der Waals surface area contributed by atoms with Gasteiger partial charge in [-0.25, -0.2) is 0 Å². The highest BCUT2D eigenvalue weighted by Crippen LogP contribution is 2.32. The van der Waals surface area contributed by atoms with Crippen LogP contribution in [0, 0.1) is 0 Å². The Morgan fingerprint density at radius 2 is 1.50 bits per heavy atom. The number of nitrogens with one attached hydrogen (secondary N) is 2. The van der Waals surface area contributed by atoms with Gasteiger partial charge in [0.25, 0.3) is 11.8 Å². The summed E-state index contributed by atoms with van der Waals surface area (Å²) in [4.78, 5) is 42.1. The maximum absolute atomic E-state index is 13.5. The maximum atomic E-state index is 13.5. The average Bonchev–Trinajstić information content (AvgIpc) is 3.30. The number of carbonyl (C=O) groups is 2. The molecule has 3 aromatic rings. The second-order valence-corrected chi connectivity index (χ2v) is 9.33. The van der Waals surface area contributed by atoms with Gasteiger partial charge in [-0.3, -0.25) is 14.4 Å². The number of aromatic amines is 1. The summed E-state index contributed by atoms with van der Waals surface area (Å²) >= 11 is 0. The highest BCUT2D eigenvalue weighted by atomic mass is 16.5. The molecule has 7 heteroatoms. The predicted octanol–water partition coefficient (Wildman–Crippen LogP) is 7.82. The molecule has 0 saturated heterocycles. The predicted molar refractivity (Wildman–Crippen MR) is 167 cm³/mol. The van der Waals surface area contributed by atoms with Crippen LogP contribution in [0.4, 0.5) is 5.69 Å². The Hall–Kier alpha value is -3.87. The highest BCUT2D eigenvalue weighted by molar-refractivity contribution is 6.01. The number of hydrogen-bond acceptors (Lipinski definition) is 4. The van der Waals surface area contributed by atoms with Crippen molar-refractivity contribution >= 4 is 17.5 Å². The Kier molecular flexibility index (Phi) is 13.7. The van der Waals surface area contributed by atoms with Gasteiger partial charge in [0.15, 0.2) is 0 Å². The van der Waals surface area contributed by atoms with E-state index in [1.165, 1.54) is 67.3 Å². The number of hydrogen-bond donors (Lipinski definition) is 2. The number of pyridine rings is 1. The van der Waals surface area contributed by atoms with Crippen LogP contribution in [0.25, 0.3) is 0 Å². The Morgan fingerprint density at radius 3 is 2.02 bits per heavy atom. The number of ether oxygens (including phenoxy) is 1. The second-order valence-electron chi connectivity index (χ2n) is 9.33. The van der Waals surface area contributed by atoms with Gasteiger partial charge in [-0.1, -0.05) is 77.6 Å². The zero-order chi connectivity index (χ0) is 29.5. The molecule has 0 aliphatic heterocycles. The first-order chi connectivity index (χ1) is 19.5. The number of anilines is 1. The SMILES string of the molecule is CC.CC.COc1ccc(C(C(=O)Nc2ccc(C3CCCCCC3)cc2)N(C)C(=O)c2ccc(=O)[nH]c2)cc1.[HH].[HH]. The number of benzene rings is 2. The van der Waals surface area contributed by atoms with Crippen LogP contribution < -0.4 is 15.6 Å². The molecule has 1 fully saturated rings. The monoisotopic (exact) mass is 551 g/mol. The minimum Gasteiger partial charge on any atom is -0.497 e. The van der Waals surface area contributed by atoms with Crippen molar-refractivity contribution in [2.45, 2.75) is 78.2 Å². The summed E-state index contributed by atoms with van der Waals surface area (Å²) in [5.74, 6) is 0.514. The lowest BCUT2D eigenvalue weighted by molar-refractivity contribution is -0.120. The van der Waals surface area contributed by atoms with Crippen molar-refractivity contribution < 1.29 is 17.2 Å². The zero-order valence-electron chi connectivity index (χ0n) is 24.8. The van der Waals surface area contributed by atoms with E-state index in [1.807, 2.05) is 39.8 Å². The number of methoxy groups -OCH3 is 1. The van der Waals surface area contributed by atoms with Crippen LogP contribution >= 0.6 is 0 Å². The van der Waals surface area contributed by atoms with Gasteiger partial charge in [0.1, 0.15) is 11.8 Å². The Morgan fingerprint density at radius 1 is 0.900 bits per heavy atom. The van der Waals surface area contributed by atoms with E-state index >= 15 is 0 Å². The Labute approximate surface area is 241 Å². The molecule has 2 amide bonds. The summed E-state index contributed by atoms with van der Waals surface area (Å²) in [5, 5.41) is 2.99. The van der Waals surface area contributed by atoms with Gasteiger partial charge < -0.3 is 19.9 Å². The average molecular weight is 552 g/mol. The minimum absolute atomic E-state index is 0. The molecular weight excluding hydrogens is 502 g/mol. The molecule has 4 rings (SSSR count). The number of likely N-dealkylation sites (N-methyl/N-ethyl adjacent to an activating group) is 1. The van der Waals surface area contributed by atoms with Crippen molar-refractivity contribution in [3.05, 3.63) is 93.9 Å². The molecule has 2 N–H and O–H groups in total. The van der Waals surface area contributed by atoms with Gasteiger partial charge in [-0.15, -0.1) is 0 Å². The third-order valence-electron chi connectivity index (χ3n) is 6.92. The summed E-state index contributed by atoms with van der Waals surface area (Å²) in [6, 6.07) is 17.0. The van der Waals surface area contributed by atoms with Crippen LogP contribution in [0.3, 0.4) is 0 Å². The van der Waals surface area contributed by atoms with E-state index in [1.54, 1.807) is 38.4 Å². The summed E-state index contributed by atoms with van der Waals surface area (Å²) in [6.07, 6.45) is 8.93. The van der Waals surface area contributed by atoms with E-state index in [2.05, 4.69) is 22.4 Å². The first-order valence-electron chi connectivity index (χ1n) is 14.5. The minimum atomic E-state index is -0.892. The lowest BCUT2D eigenvalue weighted by atomic mass is 9.92. The standard InChI is InChI=1S/C29H33N3O4.2C2H6.2H2/c1-32(29(35)23-13-18-26(33)30-19-23)27(22-11-16-25(36-2)17-12-22)28(34)31-24-14-9-21(10-15-24)20-7-5-3-4-6-8-20;2*1-2;;/h9-20,27H,3-8H2,1-2H3,(H,30,33)(H,31,34);2*1-2H3;2*1H. The molecular formula is C33H49N3O4. The van der Waals surface area contributed by atoms with Crippen LogP contribution in [0.1, 0.15) is 103 Å². The van der Waals surface area contributed by atoms with Gasteiger partial charge >= 0.3 is 0 Å². The zero-order valence-corrected chi connectivity index (χ0v) is 24.8. The number of carbonyl (C=O) groups excluding carboxylic acids is 2. The van der Waals surface area contributed by atoms with Crippen molar-refractivity contribution in [3.63, 3.8) is 0 Å². The quantitative estimate of drug-likeness (QED) is 0.293. The van der Waals surface area contributed by atoms with Gasteiger partial charge in [-0.05, 0) is 60.2 Å². The lowest BCUT2D eigenvalue weighted by Gasteiger charge is -2.28. The molecule has 0 bridgehead atoms. The second kappa shape index (κ2) is 17.0. The molecule has 0 radical (unpaired) electrons. The van der Waals surface area contributed by atoms with Gasteiger partial charge in [-0.2, -0.15) is 0 Å². The summed E-state index contributed by atoms with van der Waals surface area (Å²) in [6.45, 7) is 8.00. The van der Waals surface area contributed by atoms with E-state index in [4.69, 9.17) is 4.74 Å². The summed E-state index contributed by atoms with van der Waals surface area (Å²) in [7, 11) is 3.15. The molecule has 40 heavy (non-hydrogen) atoms. The van der Waals surface area contributed by atoms with Crippen LogP contribution in [-0.2, 0) is 4.79 Å². The van der Waals surface area contributed by atoms with Crippen LogP contribution in [0.5, 0.6) is 5.75 Å². The molecule has 1 saturated carbocycles. The molecule has 7 nitrogen and oxygen atoms in total. The molecule has 1 aromatic heterocycles. The number of nitrogens with zero attached hydrogens (tertiary/aromatic N) is 1. The fourth-order valence-corrected chi connectivity index (χ4v) is 4.86. The fourth-order valence-electron chi connectivity index (χ4n) is 4.86. The molecule has 1 heterocycles. The fraction of sp³-hybridized carbons (Fsp3) is 0.424. The van der Waals surface area contributed by atoms with Crippen LogP contribution in [-0.4, -0.2) is 35.9 Å². The Bertz CT molecular complexity index is 1220. The Balaban J connectivity index is 0.00000269. The van der Waals surface area contributed by atoms with Crippen molar-refractivity contribution in [2.75, 3.05) is 19.5 Å². The first kappa shape index (κ1) is 32.3. The third kappa shape index (κ3) is 8.83. The number of H-pyrrole nitrogens is 1. The van der Waals surface area contributed by atoms with Crippen molar-refractivity contribution in [2.24, 2.45) is 0 Å². The third-order valence-corrected chi connectivity index (χ3v) is 6.92. The maximum Gasteiger partial charge on any atom is 0.256 e. The van der Waals surface area contributed by atoms with Crippen LogP contribution in [0.15, 0.2) is 71.7 Å². The normalized spacial score (nSPS) is 13.8. The largest absolute Gasteiger partial charge is 0.497 e. The topological polar surface area (TPSA) is 91.5 Å². The van der Waals surface area contributed by atoms with E-state index in [-0.39, 0.29) is 25.8 Å². The summed E-state index contributed by atoms with van der Waals surface area (Å²) < 4.78 is 5.25. The van der Waals surface area contributed by atoms with E-state index < -0.39 is 6.04 Å². The first-order valence-corrected chi connectivity index (χ1v) is 14.5. The van der Waals surface area contributed by atoms with Crippen molar-refractivity contribution in [1.29, 1.82) is 0 Å². The molecule has 0 spiro atoms. The molecule has 2 aromatic carbocycles.